The van der Waals surface area contributed by atoms with E-state index in [9.17, 15) is 25.5 Å². The summed E-state index contributed by atoms with van der Waals surface area (Å²) in [6.07, 6.45) is -0.720. The Labute approximate surface area is 183 Å². The second kappa shape index (κ2) is 6.21. The van der Waals surface area contributed by atoms with E-state index in [1.807, 2.05) is 0 Å². The first kappa shape index (κ1) is 21.2. The molecule has 5 aliphatic carbocycles. The van der Waals surface area contributed by atoms with Crippen LogP contribution in [0.25, 0.3) is 0 Å². The number of rotatable bonds is 4. The number of hydrogen-bond donors (Lipinski definition) is 5. The van der Waals surface area contributed by atoms with Crippen molar-refractivity contribution < 1.29 is 35.0 Å². The summed E-state index contributed by atoms with van der Waals surface area (Å²) in [5.74, 6) is -1.73. The molecular formula is C23H37NO7. The maximum absolute atomic E-state index is 12.6. The molecule has 0 aromatic heterocycles. The van der Waals surface area contributed by atoms with E-state index < -0.39 is 46.3 Å². The Balaban J connectivity index is 1.68. The van der Waals surface area contributed by atoms with E-state index in [1.54, 1.807) is 14.2 Å². The standard InChI is InChI=1S/C23H37NO7/c1-4-24-9-20(10-25)6-5-13(26)23-18(20)16(31-3)14(19(23)24)21(28)8-12(30-2)11-7-22(23,29)17(21)15(11)27/h11-19,25-29H,4-10H2,1-3H3/t11-,12+,13+,14+,15+,16+,17-,18-,19-,20+,21+,22+,23-/m1/s1. The van der Waals surface area contributed by atoms with E-state index >= 15 is 0 Å². The highest BCUT2D eigenvalue weighted by Crippen LogP contribution is 2.80. The molecule has 6 rings (SSSR count). The van der Waals surface area contributed by atoms with Gasteiger partial charge in [0.1, 0.15) is 0 Å². The summed E-state index contributed by atoms with van der Waals surface area (Å²) >= 11 is 0. The van der Waals surface area contributed by atoms with Gasteiger partial charge >= 0.3 is 0 Å². The molecule has 1 heterocycles. The van der Waals surface area contributed by atoms with Crippen LogP contribution in [0, 0.1) is 34.5 Å². The topological polar surface area (TPSA) is 123 Å². The van der Waals surface area contributed by atoms with Gasteiger partial charge in [-0.1, -0.05) is 6.92 Å². The highest BCUT2D eigenvalue weighted by molar-refractivity contribution is 5.40. The van der Waals surface area contributed by atoms with Gasteiger partial charge in [0.2, 0.25) is 0 Å². The Morgan fingerprint density at radius 1 is 1.06 bits per heavy atom. The molecule has 1 spiro atoms. The van der Waals surface area contributed by atoms with Crippen molar-refractivity contribution in [2.24, 2.45) is 34.5 Å². The highest BCUT2D eigenvalue weighted by atomic mass is 16.5. The molecule has 13 atom stereocenters. The third-order valence-corrected chi connectivity index (χ3v) is 11.1. The lowest BCUT2D eigenvalue weighted by molar-refractivity contribution is -0.325. The van der Waals surface area contributed by atoms with Gasteiger partial charge in [0.05, 0.1) is 42.2 Å². The van der Waals surface area contributed by atoms with E-state index in [2.05, 4.69) is 11.8 Å². The summed E-state index contributed by atoms with van der Waals surface area (Å²) in [6.45, 7) is 3.37. The minimum atomic E-state index is -1.47. The third-order valence-electron chi connectivity index (χ3n) is 11.1. The zero-order chi connectivity index (χ0) is 22.1. The minimum Gasteiger partial charge on any atom is -0.396 e. The molecule has 31 heavy (non-hydrogen) atoms. The van der Waals surface area contributed by atoms with Gasteiger partial charge in [-0.05, 0) is 25.8 Å². The summed E-state index contributed by atoms with van der Waals surface area (Å²) in [5.41, 5.74) is -4.33. The zero-order valence-electron chi connectivity index (χ0n) is 18.6. The molecule has 8 heteroatoms. The minimum absolute atomic E-state index is 0.0478. The predicted octanol–water partition coefficient (Wildman–Crippen LogP) is -1.04. The molecule has 5 saturated carbocycles. The van der Waals surface area contributed by atoms with Crippen LogP contribution >= 0.6 is 0 Å². The fraction of sp³-hybridized carbons (Fsp3) is 1.00. The number of nitrogens with zero attached hydrogens (tertiary/aromatic N) is 1. The van der Waals surface area contributed by atoms with Gasteiger partial charge in [0, 0.05) is 67.7 Å². The number of likely N-dealkylation sites (tertiary alicyclic amines) is 1. The second-order valence-corrected chi connectivity index (χ2v) is 11.4. The Bertz CT molecular complexity index is 783. The van der Waals surface area contributed by atoms with Crippen molar-refractivity contribution in [3.05, 3.63) is 0 Å². The van der Waals surface area contributed by atoms with E-state index in [0.717, 1.165) is 0 Å². The van der Waals surface area contributed by atoms with E-state index in [-0.39, 0.29) is 42.9 Å². The molecule has 0 aromatic carbocycles. The molecule has 6 fully saturated rings. The number of aliphatic hydroxyl groups is 5. The normalized spacial score (nSPS) is 64.1. The van der Waals surface area contributed by atoms with Crippen molar-refractivity contribution in [3.63, 3.8) is 0 Å². The number of methoxy groups -OCH3 is 2. The van der Waals surface area contributed by atoms with Crippen molar-refractivity contribution in [2.75, 3.05) is 33.9 Å². The molecule has 7 bridgehead atoms. The van der Waals surface area contributed by atoms with Gasteiger partial charge in [-0.3, -0.25) is 4.90 Å². The van der Waals surface area contributed by atoms with Gasteiger partial charge in [-0.2, -0.15) is 0 Å². The van der Waals surface area contributed by atoms with Crippen LogP contribution in [0.4, 0.5) is 0 Å². The lowest BCUT2D eigenvalue weighted by atomic mass is 9.41. The lowest BCUT2D eigenvalue weighted by Gasteiger charge is -2.70. The molecule has 1 aliphatic heterocycles. The van der Waals surface area contributed by atoms with Gasteiger partial charge < -0.3 is 35.0 Å². The van der Waals surface area contributed by atoms with Crippen LogP contribution in [0.5, 0.6) is 0 Å². The molecule has 8 nitrogen and oxygen atoms in total. The summed E-state index contributed by atoms with van der Waals surface area (Å²) in [6, 6.07) is -0.282. The molecule has 0 radical (unpaired) electrons. The van der Waals surface area contributed by atoms with Crippen LogP contribution < -0.4 is 0 Å². The summed E-state index contributed by atoms with van der Waals surface area (Å²) in [5, 5.41) is 58.8. The van der Waals surface area contributed by atoms with Crippen LogP contribution in [-0.2, 0) is 9.47 Å². The number of aliphatic hydroxyl groups excluding tert-OH is 3. The summed E-state index contributed by atoms with van der Waals surface area (Å²) < 4.78 is 11.9. The Morgan fingerprint density at radius 3 is 2.42 bits per heavy atom. The first-order valence-electron chi connectivity index (χ1n) is 11.9. The van der Waals surface area contributed by atoms with Gasteiger partial charge in [-0.25, -0.2) is 0 Å². The fourth-order valence-electron chi connectivity index (χ4n) is 10.5. The summed E-state index contributed by atoms with van der Waals surface area (Å²) in [4.78, 5) is 2.27. The molecule has 176 valence electrons. The van der Waals surface area contributed by atoms with E-state index in [1.165, 1.54) is 0 Å². The zero-order valence-corrected chi connectivity index (χ0v) is 18.6. The number of piperidine rings is 1. The highest BCUT2D eigenvalue weighted by Gasteiger charge is 2.90. The first-order valence-corrected chi connectivity index (χ1v) is 11.9. The Kier molecular flexibility index (Phi) is 4.26. The maximum atomic E-state index is 12.6. The maximum Gasteiger partial charge on any atom is 0.0832 e. The summed E-state index contributed by atoms with van der Waals surface area (Å²) in [7, 11) is 3.24. The number of ether oxygens (including phenoxy) is 2. The van der Waals surface area contributed by atoms with E-state index in [4.69, 9.17) is 9.47 Å². The van der Waals surface area contributed by atoms with Gasteiger partial charge in [0.25, 0.3) is 0 Å². The first-order chi connectivity index (χ1) is 14.7. The average Bonchev–Trinajstić information content (AvgIpc) is 3.13. The van der Waals surface area contributed by atoms with Crippen LogP contribution in [0.1, 0.15) is 32.6 Å². The number of fused-ring (bicyclic) bond motifs is 2. The quantitative estimate of drug-likeness (QED) is 0.377. The van der Waals surface area contributed by atoms with Crippen LogP contribution in [0.3, 0.4) is 0 Å². The SMILES string of the molecule is CCN1C[C@]2(CO)CC[C@H](O)[C@@]34[C@@H]2[C@@H](OC)[C@@H]([C@@H]13)[C@@]1(O)C[C@H](OC)[C@H]2C[C@]4(O)[C@@H]1[C@H]2O. The van der Waals surface area contributed by atoms with Crippen molar-refractivity contribution in [3.8, 4) is 0 Å². The van der Waals surface area contributed by atoms with Crippen LogP contribution in [-0.4, -0.2) is 106 Å². The fourth-order valence-corrected chi connectivity index (χ4v) is 10.5. The lowest BCUT2D eigenvalue weighted by Crippen LogP contribution is -2.81. The van der Waals surface area contributed by atoms with Gasteiger partial charge in [0.15, 0.2) is 0 Å². The predicted molar refractivity (Wildman–Crippen MR) is 109 cm³/mol. The van der Waals surface area contributed by atoms with Crippen LogP contribution in [0.2, 0.25) is 0 Å². The smallest absolute Gasteiger partial charge is 0.0832 e. The molecule has 1 saturated heterocycles. The molecule has 6 aliphatic rings. The molecule has 5 N–H and O–H groups in total. The molecule has 0 amide bonds. The van der Waals surface area contributed by atoms with Crippen molar-refractivity contribution in [1.82, 2.24) is 4.90 Å². The van der Waals surface area contributed by atoms with E-state index in [0.29, 0.717) is 32.4 Å². The molecule has 0 unspecified atom stereocenters. The van der Waals surface area contributed by atoms with Crippen molar-refractivity contribution >= 4 is 0 Å². The van der Waals surface area contributed by atoms with Crippen molar-refractivity contribution in [2.45, 2.75) is 74.3 Å². The second-order valence-electron chi connectivity index (χ2n) is 11.4. The number of hydrogen-bond acceptors (Lipinski definition) is 8. The van der Waals surface area contributed by atoms with Crippen LogP contribution in [0.15, 0.2) is 0 Å². The monoisotopic (exact) mass is 439 g/mol. The third kappa shape index (κ3) is 1.93. The Hall–Kier alpha value is -0.320. The average molecular weight is 440 g/mol. The van der Waals surface area contributed by atoms with Crippen molar-refractivity contribution in [1.29, 1.82) is 0 Å². The molecular weight excluding hydrogens is 402 g/mol. The Morgan fingerprint density at radius 2 is 1.81 bits per heavy atom. The molecule has 0 aromatic rings. The largest absolute Gasteiger partial charge is 0.396 e. The van der Waals surface area contributed by atoms with Gasteiger partial charge in [-0.15, -0.1) is 0 Å².